The summed E-state index contributed by atoms with van der Waals surface area (Å²) in [5.41, 5.74) is 8.05. The van der Waals surface area contributed by atoms with Gasteiger partial charge in [-0.3, -0.25) is 10.1 Å². The Labute approximate surface area is 97.7 Å². The van der Waals surface area contributed by atoms with Gasteiger partial charge in [-0.05, 0) is 23.8 Å². The molecule has 0 aliphatic rings. The van der Waals surface area contributed by atoms with Crippen molar-refractivity contribution in [2.24, 2.45) is 5.73 Å². The minimum Gasteiger partial charge on any atom is -0.318 e. The molecule has 0 bridgehead atoms. The van der Waals surface area contributed by atoms with Crippen molar-refractivity contribution in [3.63, 3.8) is 0 Å². The topological polar surface area (TPSA) is 80.5 Å². The molecule has 2 aromatic heterocycles. The predicted molar refractivity (Wildman–Crippen MR) is 64.2 cm³/mol. The molecule has 0 aliphatic carbocycles. The summed E-state index contributed by atoms with van der Waals surface area (Å²) in [7, 11) is 0. The average molecular weight is 225 g/mol. The zero-order valence-corrected chi connectivity index (χ0v) is 9.04. The molecule has 0 saturated carbocycles. The van der Waals surface area contributed by atoms with Gasteiger partial charge in [-0.15, -0.1) is 0 Å². The van der Waals surface area contributed by atoms with Crippen LogP contribution in [0.1, 0.15) is 17.4 Å². The van der Waals surface area contributed by atoms with Crippen LogP contribution in [0.5, 0.6) is 0 Å². The highest BCUT2D eigenvalue weighted by Gasteiger charge is 2.11. The summed E-state index contributed by atoms with van der Waals surface area (Å²) >= 11 is 0. The molecular weight excluding hydrogens is 214 g/mol. The summed E-state index contributed by atoms with van der Waals surface area (Å²) in [6.07, 6.45) is 3.23. The highest BCUT2D eigenvalue weighted by molar-refractivity contribution is 5.79. The van der Waals surface area contributed by atoms with Gasteiger partial charge < -0.3 is 5.73 Å². The van der Waals surface area contributed by atoms with Crippen molar-refractivity contribution in [1.29, 1.82) is 0 Å². The van der Waals surface area contributed by atoms with E-state index < -0.39 is 0 Å². The SMILES string of the molecule is NC(c1ccc2ncccc2c1)c1ncn[nH]1. The standard InChI is InChI=1S/C12H11N5/c13-11(12-15-7-16-17-12)9-3-4-10-8(6-9)2-1-5-14-10/h1-7,11H,13H2,(H,15,16,17). The molecular formula is C12H11N5. The summed E-state index contributed by atoms with van der Waals surface area (Å²) in [5.74, 6) is 0.660. The van der Waals surface area contributed by atoms with E-state index in [2.05, 4.69) is 20.2 Å². The van der Waals surface area contributed by atoms with Crippen LogP contribution < -0.4 is 5.73 Å². The van der Waals surface area contributed by atoms with Gasteiger partial charge in [-0.25, -0.2) is 4.98 Å². The van der Waals surface area contributed by atoms with Crippen LogP contribution in [-0.2, 0) is 0 Å². The van der Waals surface area contributed by atoms with Gasteiger partial charge in [0.15, 0.2) is 0 Å². The average Bonchev–Trinajstić information content (AvgIpc) is 2.91. The molecule has 0 spiro atoms. The number of pyridine rings is 1. The maximum Gasteiger partial charge on any atom is 0.145 e. The van der Waals surface area contributed by atoms with Crippen LogP contribution in [0.2, 0.25) is 0 Å². The fourth-order valence-corrected chi connectivity index (χ4v) is 1.81. The molecule has 84 valence electrons. The van der Waals surface area contributed by atoms with E-state index in [-0.39, 0.29) is 6.04 Å². The predicted octanol–water partition coefficient (Wildman–Crippen LogP) is 1.40. The van der Waals surface area contributed by atoms with Crippen molar-refractivity contribution in [3.8, 4) is 0 Å². The third-order valence-electron chi connectivity index (χ3n) is 2.71. The van der Waals surface area contributed by atoms with E-state index >= 15 is 0 Å². The second kappa shape index (κ2) is 3.95. The third kappa shape index (κ3) is 1.76. The lowest BCUT2D eigenvalue weighted by atomic mass is 10.0. The molecule has 3 aromatic rings. The van der Waals surface area contributed by atoms with Crippen LogP contribution in [0, 0.1) is 0 Å². The van der Waals surface area contributed by atoms with Crippen LogP contribution in [0.25, 0.3) is 10.9 Å². The van der Waals surface area contributed by atoms with Crippen LogP contribution in [0.15, 0.2) is 42.9 Å². The number of rotatable bonds is 2. The van der Waals surface area contributed by atoms with E-state index in [9.17, 15) is 0 Å². The van der Waals surface area contributed by atoms with Crippen LogP contribution in [-0.4, -0.2) is 20.2 Å². The molecule has 1 unspecified atom stereocenters. The lowest BCUT2D eigenvalue weighted by Gasteiger charge is -2.09. The number of hydrogen-bond acceptors (Lipinski definition) is 4. The smallest absolute Gasteiger partial charge is 0.145 e. The lowest BCUT2D eigenvalue weighted by Crippen LogP contribution is -2.13. The quantitative estimate of drug-likeness (QED) is 0.690. The highest BCUT2D eigenvalue weighted by atomic mass is 15.2. The molecule has 0 fully saturated rings. The van der Waals surface area contributed by atoms with Crippen molar-refractivity contribution in [2.75, 3.05) is 0 Å². The van der Waals surface area contributed by atoms with Crippen molar-refractivity contribution in [2.45, 2.75) is 6.04 Å². The summed E-state index contributed by atoms with van der Waals surface area (Å²) < 4.78 is 0. The van der Waals surface area contributed by atoms with E-state index in [1.54, 1.807) is 6.20 Å². The Morgan fingerprint density at radius 3 is 2.94 bits per heavy atom. The molecule has 1 aromatic carbocycles. The highest BCUT2D eigenvalue weighted by Crippen LogP contribution is 2.20. The third-order valence-corrected chi connectivity index (χ3v) is 2.71. The Balaban J connectivity index is 2.06. The Morgan fingerprint density at radius 1 is 1.18 bits per heavy atom. The summed E-state index contributed by atoms with van der Waals surface area (Å²) in [4.78, 5) is 8.33. The van der Waals surface area contributed by atoms with E-state index in [1.807, 2.05) is 30.3 Å². The van der Waals surface area contributed by atoms with E-state index in [0.717, 1.165) is 16.5 Å². The number of H-pyrrole nitrogens is 1. The Hall–Kier alpha value is -2.27. The molecule has 0 saturated heterocycles. The first-order valence-corrected chi connectivity index (χ1v) is 5.30. The number of nitrogens with two attached hydrogens (primary N) is 1. The molecule has 0 amide bonds. The monoisotopic (exact) mass is 225 g/mol. The van der Waals surface area contributed by atoms with Crippen molar-refractivity contribution in [1.82, 2.24) is 20.2 Å². The molecule has 0 aliphatic heterocycles. The summed E-state index contributed by atoms with van der Waals surface area (Å²) in [6.45, 7) is 0. The first kappa shape index (κ1) is 9.92. The zero-order chi connectivity index (χ0) is 11.7. The van der Waals surface area contributed by atoms with Gasteiger partial charge >= 0.3 is 0 Å². The molecule has 3 N–H and O–H groups in total. The second-order valence-corrected chi connectivity index (χ2v) is 3.80. The van der Waals surface area contributed by atoms with Gasteiger partial charge in [0.1, 0.15) is 12.2 Å². The molecule has 5 heteroatoms. The van der Waals surface area contributed by atoms with Gasteiger partial charge in [0.25, 0.3) is 0 Å². The first-order chi connectivity index (χ1) is 8.34. The maximum absolute atomic E-state index is 6.10. The van der Waals surface area contributed by atoms with Crippen LogP contribution >= 0.6 is 0 Å². The normalized spacial score (nSPS) is 12.8. The van der Waals surface area contributed by atoms with E-state index in [0.29, 0.717) is 5.82 Å². The van der Waals surface area contributed by atoms with Crippen LogP contribution in [0.4, 0.5) is 0 Å². The number of nitrogens with one attached hydrogen (secondary N) is 1. The number of aromatic amines is 1. The largest absolute Gasteiger partial charge is 0.318 e. The van der Waals surface area contributed by atoms with Crippen molar-refractivity contribution < 1.29 is 0 Å². The van der Waals surface area contributed by atoms with Gasteiger partial charge in [0, 0.05) is 11.6 Å². The van der Waals surface area contributed by atoms with Crippen molar-refractivity contribution in [3.05, 3.63) is 54.2 Å². The molecule has 2 heterocycles. The Morgan fingerprint density at radius 2 is 2.12 bits per heavy atom. The fraction of sp³-hybridized carbons (Fsp3) is 0.0833. The zero-order valence-electron chi connectivity index (χ0n) is 9.04. The van der Waals surface area contributed by atoms with Gasteiger partial charge in [0.05, 0.1) is 11.6 Å². The lowest BCUT2D eigenvalue weighted by molar-refractivity contribution is 0.788. The molecule has 1 atom stereocenters. The Kier molecular flexibility index (Phi) is 2.31. The minimum absolute atomic E-state index is 0.290. The van der Waals surface area contributed by atoms with Gasteiger partial charge in [-0.1, -0.05) is 12.1 Å². The van der Waals surface area contributed by atoms with Crippen molar-refractivity contribution >= 4 is 10.9 Å². The number of aromatic nitrogens is 4. The summed E-state index contributed by atoms with van der Waals surface area (Å²) in [5, 5.41) is 7.65. The summed E-state index contributed by atoms with van der Waals surface area (Å²) in [6, 6.07) is 9.58. The number of hydrogen-bond donors (Lipinski definition) is 2. The Bertz CT molecular complexity index is 632. The van der Waals surface area contributed by atoms with E-state index in [1.165, 1.54) is 6.33 Å². The van der Waals surface area contributed by atoms with E-state index in [4.69, 9.17) is 5.73 Å². The molecule has 0 radical (unpaired) electrons. The number of nitrogens with zero attached hydrogens (tertiary/aromatic N) is 3. The maximum atomic E-state index is 6.10. The van der Waals surface area contributed by atoms with Gasteiger partial charge in [-0.2, -0.15) is 5.10 Å². The second-order valence-electron chi connectivity index (χ2n) is 3.80. The molecule has 5 nitrogen and oxygen atoms in total. The minimum atomic E-state index is -0.290. The van der Waals surface area contributed by atoms with Crippen LogP contribution in [0.3, 0.4) is 0 Å². The first-order valence-electron chi connectivity index (χ1n) is 5.30. The fourth-order valence-electron chi connectivity index (χ4n) is 1.81. The number of benzene rings is 1. The molecule has 17 heavy (non-hydrogen) atoms. The van der Waals surface area contributed by atoms with Gasteiger partial charge in [0.2, 0.25) is 0 Å². The molecule has 3 rings (SSSR count). The number of fused-ring (bicyclic) bond motifs is 1.